The van der Waals surface area contributed by atoms with Gasteiger partial charge in [-0.3, -0.25) is 14.7 Å². The largest absolute Gasteiger partial charge is 0.322 e. The lowest BCUT2D eigenvalue weighted by atomic mass is 9.89. The minimum absolute atomic E-state index is 0.128. The summed E-state index contributed by atoms with van der Waals surface area (Å²) < 4.78 is 2.28. The summed E-state index contributed by atoms with van der Waals surface area (Å²) in [6.45, 7) is 5.93. The second-order valence-electron chi connectivity index (χ2n) is 6.14. The van der Waals surface area contributed by atoms with Gasteiger partial charge in [-0.1, -0.05) is 11.8 Å². The molecule has 2 aromatic rings. The van der Waals surface area contributed by atoms with Crippen molar-refractivity contribution < 1.29 is 4.79 Å². The molecule has 3 rings (SSSR count). The molecule has 0 N–H and O–H groups in total. The minimum Gasteiger partial charge on any atom is -0.322 e. The lowest BCUT2D eigenvalue weighted by molar-refractivity contribution is 0.0832. The minimum atomic E-state index is 0.128. The van der Waals surface area contributed by atoms with Crippen molar-refractivity contribution in [1.82, 2.24) is 19.4 Å². The number of aromatic nitrogens is 3. The Morgan fingerprint density at radius 1 is 1.33 bits per heavy atom. The SMILES string of the molecule is CCn1c(CN2CCC(C(=O)c3cccnc3)CC2)cnc1SC. The molecule has 128 valence electrons. The molecule has 0 bridgehead atoms. The second kappa shape index (κ2) is 7.94. The Morgan fingerprint density at radius 2 is 2.12 bits per heavy atom. The zero-order valence-electron chi connectivity index (χ0n) is 14.3. The van der Waals surface area contributed by atoms with Gasteiger partial charge in [0, 0.05) is 37.0 Å². The van der Waals surface area contributed by atoms with Crippen LogP contribution in [0.4, 0.5) is 0 Å². The molecule has 1 aliphatic rings. The molecule has 6 heteroatoms. The lowest BCUT2D eigenvalue weighted by Gasteiger charge is -2.31. The van der Waals surface area contributed by atoms with Crippen LogP contribution in [-0.4, -0.2) is 44.6 Å². The summed E-state index contributed by atoms with van der Waals surface area (Å²) in [6, 6.07) is 3.70. The Kier molecular flexibility index (Phi) is 5.68. The van der Waals surface area contributed by atoms with Crippen molar-refractivity contribution in [2.75, 3.05) is 19.3 Å². The fourth-order valence-electron chi connectivity index (χ4n) is 3.35. The number of piperidine rings is 1. The van der Waals surface area contributed by atoms with E-state index >= 15 is 0 Å². The van der Waals surface area contributed by atoms with Crippen LogP contribution in [0, 0.1) is 5.92 Å². The molecule has 2 aromatic heterocycles. The van der Waals surface area contributed by atoms with Crippen molar-refractivity contribution in [1.29, 1.82) is 0 Å². The van der Waals surface area contributed by atoms with E-state index in [1.807, 2.05) is 18.3 Å². The highest BCUT2D eigenvalue weighted by Gasteiger charge is 2.26. The molecule has 0 aliphatic carbocycles. The number of hydrogen-bond acceptors (Lipinski definition) is 5. The van der Waals surface area contributed by atoms with E-state index in [4.69, 9.17) is 0 Å². The van der Waals surface area contributed by atoms with E-state index in [0.29, 0.717) is 0 Å². The van der Waals surface area contributed by atoms with Crippen LogP contribution in [0.3, 0.4) is 0 Å². The first-order chi connectivity index (χ1) is 11.7. The first-order valence-corrected chi connectivity index (χ1v) is 9.70. The maximum Gasteiger partial charge on any atom is 0.167 e. The highest BCUT2D eigenvalue weighted by Crippen LogP contribution is 2.24. The van der Waals surface area contributed by atoms with Gasteiger partial charge < -0.3 is 4.57 Å². The van der Waals surface area contributed by atoms with Gasteiger partial charge in [0.05, 0.1) is 11.9 Å². The summed E-state index contributed by atoms with van der Waals surface area (Å²) in [5.74, 6) is 0.370. The molecular weight excluding hydrogens is 320 g/mol. The summed E-state index contributed by atoms with van der Waals surface area (Å²) in [6.07, 6.45) is 9.28. The smallest absolute Gasteiger partial charge is 0.167 e. The second-order valence-corrected chi connectivity index (χ2v) is 6.91. The van der Waals surface area contributed by atoms with Crippen LogP contribution in [-0.2, 0) is 13.1 Å². The van der Waals surface area contributed by atoms with Gasteiger partial charge in [-0.2, -0.15) is 0 Å². The fraction of sp³-hybridized carbons (Fsp3) is 0.500. The zero-order chi connectivity index (χ0) is 16.9. The van der Waals surface area contributed by atoms with Gasteiger partial charge in [-0.05, 0) is 51.2 Å². The maximum absolute atomic E-state index is 12.5. The average molecular weight is 344 g/mol. The van der Waals surface area contributed by atoms with Crippen LogP contribution in [0.25, 0.3) is 0 Å². The van der Waals surface area contributed by atoms with Crippen molar-refractivity contribution in [3.05, 3.63) is 42.0 Å². The van der Waals surface area contributed by atoms with Gasteiger partial charge >= 0.3 is 0 Å². The highest BCUT2D eigenvalue weighted by atomic mass is 32.2. The van der Waals surface area contributed by atoms with Crippen molar-refractivity contribution in [2.45, 2.75) is 38.0 Å². The van der Waals surface area contributed by atoms with E-state index in [9.17, 15) is 4.79 Å². The molecule has 0 radical (unpaired) electrons. The molecule has 1 fully saturated rings. The molecule has 0 saturated carbocycles. The molecular formula is C18H24N4OS. The molecule has 1 saturated heterocycles. The number of Topliss-reactive ketones (excluding diaryl/α,β-unsaturated/α-hetero) is 1. The fourth-order valence-corrected chi connectivity index (χ4v) is 3.97. The van der Waals surface area contributed by atoms with Crippen LogP contribution in [0.15, 0.2) is 35.9 Å². The number of thioether (sulfide) groups is 1. The topological polar surface area (TPSA) is 51.0 Å². The molecule has 24 heavy (non-hydrogen) atoms. The Labute approximate surface area is 147 Å². The molecule has 0 amide bonds. The number of imidazole rings is 1. The molecule has 0 unspecified atom stereocenters. The van der Waals surface area contributed by atoms with E-state index < -0.39 is 0 Å². The zero-order valence-corrected chi connectivity index (χ0v) is 15.1. The third-order valence-corrected chi connectivity index (χ3v) is 5.38. The molecule has 0 atom stereocenters. The van der Waals surface area contributed by atoms with E-state index in [2.05, 4.69) is 32.6 Å². The average Bonchev–Trinajstić information content (AvgIpc) is 3.04. The van der Waals surface area contributed by atoms with Crippen molar-refractivity contribution in [3.63, 3.8) is 0 Å². The molecule has 3 heterocycles. The van der Waals surface area contributed by atoms with Crippen LogP contribution in [0.2, 0.25) is 0 Å². The number of rotatable bonds is 6. The normalized spacial score (nSPS) is 16.4. The van der Waals surface area contributed by atoms with Crippen molar-refractivity contribution >= 4 is 17.5 Å². The van der Waals surface area contributed by atoms with Crippen LogP contribution in [0.5, 0.6) is 0 Å². The van der Waals surface area contributed by atoms with Gasteiger partial charge in [0.25, 0.3) is 0 Å². The van der Waals surface area contributed by atoms with Gasteiger partial charge in [0.1, 0.15) is 0 Å². The highest BCUT2D eigenvalue weighted by molar-refractivity contribution is 7.98. The Hall–Kier alpha value is -1.66. The quantitative estimate of drug-likeness (QED) is 0.595. The van der Waals surface area contributed by atoms with Crippen molar-refractivity contribution in [2.24, 2.45) is 5.92 Å². The monoisotopic (exact) mass is 344 g/mol. The summed E-state index contributed by atoms with van der Waals surface area (Å²) >= 11 is 1.69. The first kappa shape index (κ1) is 17.2. The summed E-state index contributed by atoms with van der Waals surface area (Å²) in [7, 11) is 0. The predicted molar refractivity (Wildman–Crippen MR) is 96.3 cm³/mol. The summed E-state index contributed by atoms with van der Waals surface area (Å²) in [5, 5.41) is 1.08. The summed E-state index contributed by atoms with van der Waals surface area (Å²) in [5.41, 5.74) is 2.00. The Morgan fingerprint density at radius 3 is 2.75 bits per heavy atom. The standard InChI is InChI=1S/C18H24N4OS/c1-3-22-16(12-20-18(22)24-2)13-21-9-6-14(7-10-21)17(23)15-5-4-8-19-11-15/h4-5,8,11-12,14H,3,6-7,9-10,13H2,1-2H3. The van der Waals surface area contributed by atoms with Crippen molar-refractivity contribution in [3.8, 4) is 0 Å². The first-order valence-electron chi connectivity index (χ1n) is 8.48. The van der Waals surface area contributed by atoms with Gasteiger partial charge in [-0.25, -0.2) is 4.98 Å². The summed E-state index contributed by atoms with van der Waals surface area (Å²) in [4.78, 5) is 23.5. The van der Waals surface area contributed by atoms with Crippen LogP contribution in [0.1, 0.15) is 35.8 Å². The third kappa shape index (κ3) is 3.70. The van der Waals surface area contributed by atoms with E-state index in [1.54, 1.807) is 24.2 Å². The molecule has 0 spiro atoms. The Bertz CT molecular complexity index is 678. The van der Waals surface area contributed by atoms with E-state index in [0.717, 1.165) is 49.7 Å². The number of carbonyl (C=O) groups excluding carboxylic acids is 1. The number of pyridine rings is 1. The molecule has 5 nitrogen and oxygen atoms in total. The Balaban J connectivity index is 1.58. The van der Waals surface area contributed by atoms with E-state index in [1.165, 1.54) is 5.69 Å². The van der Waals surface area contributed by atoms with Gasteiger partial charge in [0.2, 0.25) is 0 Å². The third-order valence-electron chi connectivity index (χ3n) is 4.69. The van der Waals surface area contributed by atoms with Crippen LogP contribution >= 0.6 is 11.8 Å². The lowest BCUT2D eigenvalue weighted by Crippen LogP contribution is -2.36. The van der Waals surface area contributed by atoms with Gasteiger partial charge in [0.15, 0.2) is 10.9 Å². The maximum atomic E-state index is 12.5. The molecule has 1 aliphatic heterocycles. The number of hydrogen-bond donors (Lipinski definition) is 0. The number of likely N-dealkylation sites (tertiary alicyclic amines) is 1. The molecule has 0 aromatic carbocycles. The number of carbonyl (C=O) groups is 1. The number of ketones is 1. The van der Waals surface area contributed by atoms with Crippen LogP contribution < -0.4 is 0 Å². The predicted octanol–water partition coefficient (Wildman–Crippen LogP) is 3.11. The van der Waals surface area contributed by atoms with Gasteiger partial charge in [-0.15, -0.1) is 0 Å². The number of nitrogens with zero attached hydrogens (tertiary/aromatic N) is 4. The van der Waals surface area contributed by atoms with E-state index in [-0.39, 0.29) is 11.7 Å².